The van der Waals surface area contributed by atoms with Crippen LogP contribution in [0.3, 0.4) is 0 Å². The van der Waals surface area contributed by atoms with Gasteiger partial charge in [-0.15, -0.1) is 0 Å². The Morgan fingerprint density at radius 1 is 0.939 bits per heavy atom. The lowest BCUT2D eigenvalue weighted by atomic mass is 9.96. The fourth-order valence-electron chi connectivity index (χ4n) is 4.00. The molecule has 3 N–H and O–H groups in total. The molecule has 1 aromatic heterocycles. The first kappa shape index (κ1) is 22.6. The summed E-state index contributed by atoms with van der Waals surface area (Å²) in [4.78, 5) is 28.9. The van der Waals surface area contributed by atoms with E-state index in [-0.39, 0.29) is 37.0 Å². The Hall–Kier alpha value is -3.55. The quantitative estimate of drug-likeness (QED) is 0.517. The summed E-state index contributed by atoms with van der Waals surface area (Å²) in [6.45, 7) is -0.236. The Morgan fingerprint density at radius 2 is 1.64 bits per heavy atom. The van der Waals surface area contributed by atoms with Crippen molar-refractivity contribution in [3.05, 3.63) is 84.7 Å². The molecular weight excluding hydrogens is 418 g/mol. The number of aromatic nitrogens is 1. The van der Waals surface area contributed by atoms with E-state index in [1.165, 1.54) is 0 Å². The largest absolute Gasteiger partial charge is 0.394 e. The maximum absolute atomic E-state index is 12.5. The van der Waals surface area contributed by atoms with Crippen LogP contribution in [-0.2, 0) is 9.53 Å². The van der Waals surface area contributed by atoms with Gasteiger partial charge in [0.05, 0.1) is 25.2 Å². The van der Waals surface area contributed by atoms with E-state index in [0.29, 0.717) is 18.4 Å². The van der Waals surface area contributed by atoms with Crippen molar-refractivity contribution in [1.29, 1.82) is 0 Å². The predicted octanol–water partition coefficient (Wildman–Crippen LogP) is 3.42. The number of hydrogen-bond acceptors (Lipinski definition) is 5. The van der Waals surface area contributed by atoms with Gasteiger partial charge in [-0.05, 0) is 48.2 Å². The van der Waals surface area contributed by atoms with Crippen LogP contribution in [0, 0.1) is 0 Å². The normalized spacial score (nSPS) is 20.1. The van der Waals surface area contributed by atoms with Gasteiger partial charge in [0.25, 0.3) is 5.91 Å². The van der Waals surface area contributed by atoms with Crippen LogP contribution >= 0.6 is 0 Å². The van der Waals surface area contributed by atoms with Crippen LogP contribution in [0.4, 0.5) is 5.69 Å². The van der Waals surface area contributed by atoms with Crippen LogP contribution < -0.4 is 10.6 Å². The van der Waals surface area contributed by atoms with E-state index in [2.05, 4.69) is 15.6 Å². The van der Waals surface area contributed by atoms with Gasteiger partial charge < -0.3 is 20.5 Å². The number of rotatable bonds is 7. The maximum Gasteiger partial charge on any atom is 0.251 e. The number of nitrogens with one attached hydrogen (secondary N) is 2. The molecule has 2 aromatic carbocycles. The van der Waals surface area contributed by atoms with Gasteiger partial charge >= 0.3 is 0 Å². The Bertz CT molecular complexity index is 1060. The molecule has 0 spiro atoms. The van der Waals surface area contributed by atoms with E-state index >= 15 is 0 Å². The molecule has 1 aliphatic heterocycles. The highest BCUT2D eigenvalue weighted by atomic mass is 16.5. The van der Waals surface area contributed by atoms with Crippen molar-refractivity contribution in [3.63, 3.8) is 0 Å². The lowest BCUT2D eigenvalue weighted by Gasteiger charge is -2.36. The fraction of sp³-hybridized carbons (Fsp3) is 0.269. The third-order valence-corrected chi connectivity index (χ3v) is 5.74. The number of nitrogens with zero attached hydrogens (tertiary/aromatic N) is 1. The van der Waals surface area contributed by atoms with Gasteiger partial charge in [-0.1, -0.05) is 42.5 Å². The second-order valence-electron chi connectivity index (χ2n) is 8.07. The lowest BCUT2D eigenvalue weighted by Crippen LogP contribution is -2.51. The number of aliphatic hydroxyl groups is 1. The maximum atomic E-state index is 12.5. The molecule has 7 heteroatoms. The average Bonchev–Trinajstić information content (AvgIpc) is 2.86. The predicted molar refractivity (Wildman–Crippen MR) is 126 cm³/mol. The van der Waals surface area contributed by atoms with Crippen molar-refractivity contribution in [3.8, 4) is 11.1 Å². The van der Waals surface area contributed by atoms with E-state index in [9.17, 15) is 14.7 Å². The Kier molecular flexibility index (Phi) is 7.44. The second kappa shape index (κ2) is 10.8. The zero-order valence-corrected chi connectivity index (χ0v) is 18.2. The Labute approximate surface area is 192 Å². The minimum absolute atomic E-state index is 0.150. The molecule has 1 fully saturated rings. The number of carbonyl (C=O) groups is 2. The number of pyridine rings is 1. The van der Waals surface area contributed by atoms with Crippen molar-refractivity contribution in [2.75, 3.05) is 11.9 Å². The summed E-state index contributed by atoms with van der Waals surface area (Å²) < 4.78 is 5.93. The topological polar surface area (TPSA) is 101 Å². The highest BCUT2D eigenvalue weighted by Gasteiger charge is 2.33. The van der Waals surface area contributed by atoms with E-state index in [1.54, 1.807) is 24.5 Å². The molecule has 0 bridgehead atoms. The summed E-state index contributed by atoms with van der Waals surface area (Å²) in [6, 6.07) is 20.7. The van der Waals surface area contributed by atoms with Crippen LogP contribution in [-0.4, -0.2) is 46.8 Å². The minimum Gasteiger partial charge on any atom is -0.394 e. The first-order valence-corrected chi connectivity index (χ1v) is 11.0. The Balaban J connectivity index is 1.28. The number of carbonyl (C=O) groups excluding carboxylic acids is 2. The van der Waals surface area contributed by atoms with Gasteiger partial charge in [0.1, 0.15) is 6.10 Å². The van der Waals surface area contributed by atoms with Gasteiger partial charge in [-0.25, -0.2) is 0 Å². The van der Waals surface area contributed by atoms with Crippen LogP contribution in [0.15, 0.2) is 79.1 Å². The SMILES string of the molecule is O=C(C[C@H]1CC[C@H](NC(=O)c2ccncc2)[C@H](CO)O1)Nc1ccc(-c2ccccc2)cc1. The standard InChI is InChI=1S/C26H27N3O4/c30-17-24-23(29-26(32)20-12-14-27-15-13-20)11-10-22(33-24)16-25(31)28-21-8-6-19(7-9-21)18-4-2-1-3-5-18/h1-9,12-15,22-24,30H,10-11,16-17H2,(H,28,31)(H,29,32)/t22-,23+,24+/m1/s1. The molecule has 1 aliphatic rings. The number of ether oxygens (including phenoxy) is 1. The second-order valence-corrected chi connectivity index (χ2v) is 8.07. The molecule has 0 radical (unpaired) electrons. The molecule has 7 nitrogen and oxygen atoms in total. The van der Waals surface area contributed by atoms with Crippen molar-refractivity contribution in [1.82, 2.24) is 10.3 Å². The number of benzene rings is 2. The molecule has 0 saturated carbocycles. The summed E-state index contributed by atoms with van der Waals surface area (Å²) >= 11 is 0. The summed E-state index contributed by atoms with van der Waals surface area (Å²) in [5.74, 6) is -0.386. The highest BCUT2D eigenvalue weighted by molar-refractivity contribution is 5.94. The fourth-order valence-corrected chi connectivity index (χ4v) is 4.00. The molecule has 170 valence electrons. The molecule has 2 heterocycles. The molecule has 1 saturated heterocycles. The van der Waals surface area contributed by atoms with Crippen LogP contribution in [0.2, 0.25) is 0 Å². The van der Waals surface area contributed by atoms with Gasteiger partial charge in [-0.2, -0.15) is 0 Å². The van der Waals surface area contributed by atoms with Crippen molar-refractivity contribution in [2.45, 2.75) is 37.5 Å². The van der Waals surface area contributed by atoms with Crippen LogP contribution in [0.5, 0.6) is 0 Å². The lowest BCUT2D eigenvalue weighted by molar-refractivity contribution is -0.126. The third kappa shape index (κ3) is 6.03. The zero-order valence-electron chi connectivity index (χ0n) is 18.2. The first-order chi connectivity index (χ1) is 16.1. The summed E-state index contributed by atoms with van der Waals surface area (Å²) in [6.07, 6.45) is 3.64. The Morgan fingerprint density at radius 3 is 2.33 bits per heavy atom. The van der Waals surface area contributed by atoms with Gasteiger partial charge in [-0.3, -0.25) is 14.6 Å². The molecule has 33 heavy (non-hydrogen) atoms. The highest BCUT2D eigenvalue weighted by Crippen LogP contribution is 2.24. The summed E-state index contributed by atoms with van der Waals surface area (Å²) in [5.41, 5.74) is 3.42. The first-order valence-electron chi connectivity index (χ1n) is 11.0. The van der Waals surface area contributed by atoms with Crippen molar-refractivity contribution >= 4 is 17.5 Å². The summed E-state index contributed by atoms with van der Waals surface area (Å²) in [7, 11) is 0. The number of amides is 2. The number of hydrogen-bond donors (Lipinski definition) is 3. The van der Waals surface area contributed by atoms with Gasteiger partial charge in [0, 0.05) is 23.6 Å². The minimum atomic E-state index is -0.563. The molecule has 4 rings (SSSR count). The van der Waals surface area contributed by atoms with E-state index in [1.807, 2.05) is 54.6 Å². The smallest absolute Gasteiger partial charge is 0.251 e. The van der Waals surface area contributed by atoms with Gasteiger partial charge in [0.15, 0.2) is 0 Å². The van der Waals surface area contributed by atoms with Crippen molar-refractivity contribution < 1.29 is 19.4 Å². The summed E-state index contributed by atoms with van der Waals surface area (Å²) in [5, 5.41) is 15.6. The van der Waals surface area contributed by atoms with E-state index < -0.39 is 6.10 Å². The van der Waals surface area contributed by atoms with Gasteiger partial charge in [0.2, 0.25) is 5.91 Å². The molecule has 3 atom stereocenters. The molecular formula is C26H27N3O4. The monoisotopic (exact) mass is 445 g/mol. The average molecular weight is 446 g/mol. The van der Waals surface area contributed by atoms with Crippen LogP contribution in [0.1, 0.15) is 29.6 Å². The van der Waals surface area contributed by atoms with E-state index in [0.717, 1.165) is 16.8 Å². The molecule has 0 unspecified atom stereocenters. The molecule has 0 aliphatic carbocycles. The van der Waals surface area contributed by atoms with Crippen LogP contribution in [0.25, 0.3) is 11.1 Å². The zero-order chi connectivity index (χ0) is 23.0. The number of anilines is 1. The van der Waals surface area contributed by atoms with Crippen molar-refractivity contribution in [2.24, 2.45) is 0 Å². The molecule has 3 aromatic rings. The van der Waals surface area contributed by atoms with E-state index in [4.69, 9.17) is 4.74 Å². The number of aliphatic hydroxyl groups excluding tert-OH is 1. The third-order valence-electron chi connectivity index (χ3n) is 5.74. The molecule has 2 amide bonds.